The van der Waals surface area contributed by atoms with E-state index in [0.29, 0.717) is 25.1 Å². The first-order valence-corrected chi connectivity index (χ1v) is 14.0. The molecule has 222 valence electrons. The maximum atomic E-state index is 13.8. The number of hydrogen-bond acceptors (Lipinski definition) is 7. The average Bonchev–Trinajstić information content (AvgIpc) is 3.60. The summed E-state index contributed by atoms with van der Waals surface area (Å²) in [6.07, 6.45) is 5.44. The number of esters is 1. The number of carbonyl (C=O) groups is 2. The Balaban J connectivity index is 1.53. The summed E-state index contributed by atoms with van der Waals surface area (Å²) in [6.45, 7) is 8.74. The highest BCUT2D eigenvalue weighted by Gasteiger charge is 2.33. The molecule has 2 atom stereocenters. The van der Waals surface area contributed by atoms with Crippen LogP contribution in [0.25, 0.3) is 10.9 Å². The molecule has 0 N–H and O–H groups in total. The van der Waals surface area contributed by atoms with E-state index in [0.717, 1.165) is 39.8 Å². The Hall–Kier alpha value is -4.18. The molecule has 2 aromatic carbocycles. The van der Waals surface area contributed by atoms with E-state index in [9.17, 15) is 14.0 Å². The van der Waals surface area contributed by atoms with Crippen molar-refractivity contribution in [2.75, 3.05) is 20.8 Å². The summed E-state index contributed by atoms with van der Waals surface area (Å²) in [7, 11) is 3.01. The van der Waals surface area contributed by atoms with E-state index >= 15 is 0 Å². The first-order chi connectivity index (χ1) is 20.0. The number of hydrogen-bond donors (Lipinski definition) is 0. The molecular formula is C32H37FN4O5. The van der Waals surface area contributed by atoms with Crippen molar-refractivity contribution in [3.05, 3.63) is 83.1 Å². The van der Waals surface area contributed by atoms with E-state index in [2.05, 4.69) is 10.00 Å². The van der Waals surface area contributed by atoms with Gasteiger partial charge in [0.25, 0.3) is 0 Å². The highest BCUT2D eigenvalue weighted by atomic mass is 19.1. The Kier molecular flexibility index (Phi) is 8.10. The largest absolute Gasteiger partial charge is 0.496 e. The Morgan fingerprint density at radius 2 is 1.86 bits per heavy atom. The zero-order valence-corrected chi connectivity index (χ0v) is 24.9. The number of carbonyl (C=O) groups excluding carboxylic acids is 2. The van der Waals surface area contributed by atoms with Crippen LogP contribution in [0.1, 0.15) is 72.7 Å². The maximum Gasteiger partial charge on any atom is 0.419 e. The number of fused-ring (bicyclic) bond motifs is 1. The van der Waals surface area contributed by atoms with Crippen LogP contribution in [-0.4, -0.2) is 57.7 Å². The van der Waals surface area contributed by atoms with Gasteiger partial charge < -0.3 is 14.2 Å². The average molecular weight is 577 g/mol. The van der Waals surface area contributed by atoms with Crippen LogP contribution in [0.3, 0.4) is 0 Å². The van der Waals surface area contributed by atoms with Gasteiger partial charge in [0.2, 0.25) is 0 Å². The van der Waals surface area contributed by atoms with Crippen molar-refractivity contribution in [1.29, 1.82) is 0 Å². The third-order valence-corrected chi connectivity index (χ3v) is 7.75. The predicted octanol–water partition coefficient (Wildman–Crippen LogP) is 6.44. The highest BCUT2D eigenvalue weighted by molar-refractivity contribution is 5.95. The van der Waals surface area contributed by atoms with Gasteiger partial charge in [-0.1, -0.05) is 12.1 Å². The van der Waals surface area contributed by atoms with Crippen molar-refractivity contribution in [3.63, 3.8) is 0 Å². The van der Waals surface area contributed by atoms with Crippen molar-refractivity contribution in [2.45, 2.75) is 64.8 Å². The summed E-state index contributed by atoms with van der Waals surface area (Å²) in [4.78, 5) is 27.5. The number of ether oxygens (including phenoxy) is 3. The standard InChI is InChI=1S/C32H37FN4O5/c1-20-15-28(40-5)26(25-12-14-36(29(20)25)31(39)42-32(2,3)4)19-35-13-11-24(37-18-23(33)17-34-37)16-27(35)21-7-9-22(10-8-21)30(38)41-6/h7-10,12,14-15,17-18,24,27H,11,13,16,19H2,1-6H3. The van der Waals surface area contributed by atoms with E-state index in [1.54, 1.807) is 34.7 Å². The Morgan fingerprint density at radius 1 is 1.12 bits per heavy atom. The molecule has 0 radical (unpaired) electrons. The van der Waals surface area contributed by atoms with Crippen molar-refractivity contribution in [2.24, 2.45) is 0 Å². The fourth-order valence-electron chi connectivity index (χ4n) is 5.82. The molecule has 4 aromatic rings. The lowest BCUT2D eigenvalue weighted by molar-refractivity contribution is 0.0542. The van der Waals surface area contributed by atoms with Gasteiger partial charge in [-0.3, -0.25) is 14.1 Å². The van der Waals surface area contributed by atoms with Gasteiger partial charge in [-0.15, -0.1) is 0 Å². The molecule has 2 unspecified atom stereocenters. The fraction of sp³-hybridized carbons (Fsp3) is 0.406. The van der Waals surface area contributed by atoms with Crippen molar-refractivity contribution >= 4 is 23.0 Å². The normalized spacial score (nSPS) is 17.8. The van der Waals surface area contributed by atoms with Gasteiger partial charge in [0.05, 0.1) is 43.7 Å². The minimum Gasteiger partial charge on any atom is -0.496 e. The van der Waals surface area contributed by atoms with Gasteiger partial charge in [0, 0.05) is 36.3 Å². The Labute approximate surface area is 244 Å². The molecule has 3 heterocycles. The number of halogens is 1. The lowest BCUT2D eigenvalue weighted by Gasteiger charge is -2.40. The van der Waals surface area contributed by atoms with Crippen LogP contribution in [0, 0.1) is 12.7 Å². The molecule has 0 amide bonds. The predicted molar refractivity (Wildman–Crippen MR) is 156 cm³/mol. The minimum absolute atomic E-state index is 0.00391. The number of benzene rings is 2. The summed E-state index contributed by atoms with van der Waals surface area (Å²) < 4.78 is 33.5. The van der Waals surface area contributed by atoms with Crippen LogP contribution >= 0.6 is 0 Å². The quantitative estimate of drug-likeness (QED) is 0.244. The van der Waals surface area contributed by atoms with E-state index in [4.69, 9.17) is 14.2 Å². The number of piperidine rings is 1. The SMILES string of the molecule is COC(=O)c1ccc(C2CC(n3cc(F)cn3)CCN2Cc2c(OC)cc(C)c3c2ccn3C(=O)OC(C)(C)C)cc1. The van der Waals surface area contributed by atoms with Crippen molar-refractivity contribution in [1.82, 2.24) is 19.2 Å². The summed E-state index contributed by atoms with van der Waals surface area (Å²) >= 11 is 0. The number of aromatic nitrogens is 3. The molecule has 42 heavy (non-hydrogen) atoms. The molecule has 1 aliphatic rings. The van der Waals surface area contributed by atoms with Gasteiger partial charge >= 0.3 is 12.1 Å². The second-order valence-corrected chi connectivity index (χ2v) is 11.7. The van der Waals surface area contributed by atoms with Gasteiger partial charge in [-0.25, -0.2) is 14.0 Å². The molecule has 1 saturated heterocycles. The van der Waals surface area contributed by atoms with Crippen molar-refractivity contribution < 1.29 is 28.2 Å². The lowest BCUT2D eigenvalue weighted by atomic mass is 9.90. The number of nitrogens with zero attached hydrogens (tertiary/aromatic N) is 4. The molecule has 2 aromatic heterocycles. The molecule has 0 aliphatic carbocycles. The molecular weight excluding hydrogens is 539 g/mol. The smallest absolute Gasteiger partial charge is 0.419 e. The molecule has 0 saturated carbocycles. The van der Waals surface area contributed by atoms with Gasteiger partial charge in [0.1, 0.15) is 11.4 Å². The summed E-state index contributed by atoms with van der Waals surface area (Å²) in [5.41, 5.74) is 3.50. The maximum absolute atomic E-state index is 13.8. The zero-order chi connectivity index (χ0) is 30.2. The summed E-state index contributed by atoms with van der Waals surface area (Å²) in [5, 5.41) is 5.15. The molecule has 10 heteroatoms. The van der Waals surface area contributed by atoms with Gasteiger partial charge in [0.15, 0.2) is 5.82 Å². The number of likely N-dealkylation sites (tertiary alicyclic amines) is 1. The lowest BCUT2D eigenvalue weighted by Crippen LogP contribution is -2.37. The number of rotatable bonds is 6. The van der Waals surface area contributed by atoms with E-state index in [-0.39, 0.29) is 17.9 Å². The molecule has 5 rings (SSSR count). The van der Waals surface area contributed by atoms with Crippen molar-refractivity contribution in [3.8, 4) is 5.75 Å². The first kappa shape index (κ1) is 29.3. The zero-order valence-electron chi connectivity index (χ0n) is 24.9. The Morgan fingerprint density at radius 3 is 2.48 bits per heavy atom. The number of aryl methyl sites for hydroxylation is 1. The molecule has 9 nitrogen and oxygen atoms in total. The summed E-state index contributed by atoms with van der Waals surface area (Å²) in [5.74, 6) is -0.0241. The van der Waals surface area contributed by atoms with Crippen LogP contribution in [0.4, 0.5) is 9.18 Å². The molecule has 0 bridgehead atoms. The third-order valence-electron chi connectivity index (χ3n) is 7.75. The molecule has 0 spiro atoms. The second kappa shape index (κ2) is 11.6. The van der Waals surface area contributed by atoms with Crippen LogP contribution in [-0.2, 0) is 16.0 Å². The van der Waals surface area contributed by atoms with Crippen LogP contribution in [0.15, 0.2) is 55.0 Å². The van der Waals surface area contributed by atoms with Gasteiger partial charge in [-0.2, -0.15) is 5.10 Å². The van der Waals surface area contributed by atoms with Crippen LogP contribution in [0.2, 0.25) is 0 Å². The first-order valence-electron chi connectivity index (χ1n) is 14.0. The monoisotopic (exact) mass is 576 g/mol. The van der Waals surface area contributed by atoms with Gasteiger partial charge in [-0.05, 0) is 75.9 Å². The van der Waals surface area contributed by atoms with E-state index < -0.39 is 17.7 Å². The molecule has 1 aliphatic heterocycles. The van der Waals surface area contributed by atoms with Crippen LogP contribution in [0.5, 0.6) is 5.75 Å². The van der Waals surface area contributed by atoms with E-state index in [1.807, 2.05) is 52.0 Å². The number of methoxy groups -OCH3 is 2. The van der Waals surface area contributed by atoms with E-state index in [1.165, 1.54) is 19.5 Å². The fourth-order valence-corrected chi connectivity index (χ4v) is 5.82. The summed E-state index contributed by atoms with van der Waals surface area (Å²) in [6, 6.07) is 11.3. The minimum atomic E-state index is -0.630. The second-order valence-electron chi connectivity index (χ2n) is 11.7. The topological polar surface area (TPSA) is 87.8 Å². The molecule has 1 fully saturated rings. The third kappa shape index (κ3) is 5.90. The van der Waals surface area contributed by atoms with Crippen LogP contribution < -0.4 is 4.74 Å². The highest BCUT2D eigenvalue weighted by Crippen LogP contribution is 2.40. The Bertz CT molecular complexity index is 1600.